The molecule has 9 nitrogen and oxygen atoms in total. The van der Waals surface area contributed by atoms with Gasteiger partial charge >= 0.3 is 35.6 Å². The van der Waals surface area contributed by atoms with Crippen LogP contribution >= 0.6 is 0 Å². The Bertz CT molecular complexity index is 919. The Hall–Kier alpha value is -1.30. The van der Waals surface area contributed by atoms with Gasteiger partial charge in [-0.05, 0) is 116 Å². The number of carbonyl (C=O) groups excluding carboxylic acids is 3. The topological polar surface area (TPSA) is 181 Å². The maximum atomic E-state index is 10.2. The number of aliphatic carboxylic acids is 3. The van der Waals surface area contributed by atoms with Crippen LogP contribution in [0.4, 0.5) is 0 Å². The van der Waals surface area contributed by atoms with E-state index in [1.807, 2.05) is 0 Å². The molecule has 0 unspecified atom stereocenters. The number of rotatable bonds is 45. The van der Waals surface area contributed by atoms with E-state index >= 15 is 0 Å². The van der Waals surface area contributed by atoms with Gasteiger partial charge in [0.15, 0.2) is 0 Å². The van der Waals surface area contributed by atoms with E-state index in [-0.39, 0.29) is 73.2 Å². The van der Waals surface area contributed by atoms with E-state index in [1.165, 1.54) is 57.8 Å². The Labute approximate surface area is 421 Å². The van der Waals surface area contributed by atoms with Crippen LogP contribution in [0.15, 0.2) is 36.5 Å². The van der Waals surface area contributed by atoms with E-state index in [0.717, 1.165) is 173 Å². The molecule has 3 atom stereocenters. The molecule has 0 aromatic heterocycles. The largest absolute Gasteiger partial charge is 3.00 e. The fourth-order valence-corrected chi connectivity index (χ4v) is 7.07. The SMILES string of the molecule is CCCCCC[C@@H](O)C/C=C\CCCCCCCC(=O)[O-].CCCCCC[C@@H](O)C/C=C\CCCCCCCC(=O)[O-].CCCCCC[C@@H](O)C/C=C\CCCCCCCC(=O)[O-].[La+3]. The van der Waals surface area contributed by atoms with Gasteiger partial charge in [-0.1, -0.05) is 192 Å². The van der Waals surface area contributed by atoms with E-state index in [2.05, 4.69) is 57.2 Å². The quantitative estimate of drug-likeness (QED) is 0.0395. The number of allylic oxidation sites excluding steroid dienone is 3. The van der Waals surface area contributed by atoms with Gasteiger partial charge in [0.25, 0.3) is 0 Å². The third-order valence-electron chi connectivity index (χ3n) is 11.2. The van der Waals surface area contributed by atoms with Crippen molar-refractivity contribution in [2.24, 2.45) is 0 Å². The summed E-state index contributed by atoms with van der Waals surface area (Å²) >= 11 is 0. The summed E-state index contributed by atoms with van der Waals surface area (Å²) in [6.45, 7) is 6.59. The van der Waals surface area contributed by atoms with Crippen LogP contribution in [-0.2, 0) is 14.4 Å². The second-order valence-electron chi connectivity index (χ2n) is 17.7. The molecule has 0 saturated heterocycles. The fraction of sp³-hybridized carbons (Fsp3) is 0.833. The third-order valence-corrected chi connectivity index (χ3v) is 11.2. The molecule has 64 heavy (non-hydrogen) atoms. The van der Waals surface area contributed by atoms with Crippen LogP contribution in [0.25, 0.3) is 0 Å². The van der Waals surface area contributed by atoms with Crippen molar-refractivity contribution in [1.82, 2.24) is 0 Å². The minimum absolute atomic E-state index is 0. The molecule has 0 fully saturated rings. The molecule has 0 amide bonds. The number of carboxylic acid groups (broad SMARTS) is 3. The van der Waals surface area contributed by atoms with Gasteiger partial charge < -0.3 is 45.0 Å². The monoisotopic (exact) mass is 1030 g/mol. The number of carboxylic acids is 3. The molecular weight excluding hydrogens is 931 g/mol. The zero-order chi connectivity index (χ0) is 47.3. The molecule has 0 aliphatic carbocycles. The van der Waals surface area contributed by atoms with Gasteiger partial charge in [0.1, 0.15) is 0 Å². The van der Waals surface area contributed by atoms with Crippen molar-refractivity contribution in [2.45, 2.75) is 289 Å². The smallest absolute Gasteiger partial charge is 0.550 e. The minimum Gasteiger partial charge on any atom is -0.550 e. The molecule has 0 saturated carbocycles. The molecule has 0 aromatic carbocycles. The van der Waals surface area contributed by atoms with Crippen molar-refractivity contribution in [3.8, 4) is 0 Å². The first kappa shape index (κ1) is 69.3. The molecule has 0 aliphatic heterocycles. The number of aliphatic hydroxyl groups is 3. The Balaban J connectivity index is -0.000000419. The summed E-state index contributed by atoms with van der Waals surface area (Å²) in [5.74, 6) is -2.82. The summed E-state index contributed by atoms with van der Waals surface area (Å²) in [4.78, 5) is 30.7. The standard InChI is InChI=1S/3C18H34O3.La/c3*1-2-3-4-11-14-17(19)15-12-9-7-5-6-8-10-13-16-18(20)21;/h3*9,12,17,19H,2-8,10-11,13-16H2,1H3,(H,20,21);/q;;;+3/p-3/b3*12-9-;/t3*17-;/m111./s1. The molecular formula is C54H99LaO9. The van der Waals surface area contributed by atoms with Crippen LogP contribution in [0, 0.1) is 35.6 Å². The first-order valence-electron chi connectivity index (χ1n) is 26.1. The van der Waals surface area contributed by atoms with Crippen LogP contribution in [0.5, 0.6) is 0 Å². The third kappa shape index (κ3) is 69.7. The Kier molecular flexibility index (Phi) is 64.6. The summed E-state index contributed by atoms with van der Waals surface area (Å²) in [5.41, 5.74) is 0. The Morgan fingerprint density at radius 1 is 0.344 bits per heavy atom. The van der Waals surface area contributed by atoms with Gasteiger partial charge in [0.2, 0.25) is 0 Å². The molecule has 0 spiro atoms. The van der Waals surface area contributed by atoms with Crippen LogP contribution in [0.1, 0.15) is 271 Å². The van der Waals surface area contributed by atoms with Crippen molar-refractivity contribution in [1.29, 1.82) is 0 Å². The number of hydrogen-bond acceptors (Lipinski definition) is 9. The summed E-state index contributed by atoms with van der Waals surface area (Å²) in [7, 11) is 0. The first-order chi connectivity index (χ1) is 30.5. The van der Waals surface area contributed by atoms with Crippen LogP contribution in [-0.4, -0.2) is 51.5 Å². The van der Waals surface area contributed by atoms with Crippen molar-refractivity contribution < 1.29 is 80.6 Å². The zero-order valence-electron chi connectivity index (χ0n) is 41.6. The number of carbonyl (C=O) groups is 3. The normalized spacial score (nSPS) is 12.7. The van der Waals surface area contributed by atoms with Gasteiger partial charge in [0, 0.05) is 17.9 Å². The Morgan fingerprint density at radius 3 is 0.797 bits per heavy atom. The maximum Gasteiger partial charge on any atom is 3.00 e. The average molecular weight is 1030 g/mol. The predicted octanol–water partition coefficient (Wildman–Crippen LogP) is 11.2. The van der Waals surface area contributed by atoms with Gasteiger partial charge in [-0.25, -0.2) is 0 Å². The van der Waals surface area contributed by atoms with Crippen LogP contribution < -0.4 is 15.3 Å². The second kappa shape index (κ2) is 59.7. The van der Waals surface area contributed by atoms with Gasteiger partial charge in [-0.2, -0.15) is 0 Å². The number of unbranched alkanes of at least 4 members (excludes halogenated alkanes) is 24. The van der Waals surface area contributed by atoms with Crippen molar-refractivity contribution in [2.75, 3.05) is 0 Å². The molecule has 0 heterocycles. The van der Waals surface area contributed by atoms with E-state index in [9.17, 15) is 45.0 Å². The van der Waals surface area contributed by atoms with Gasteiger partial charge in [-0.3, -0.25) is 0 Å². The first-order valence-corrected chi connectivity index (χ1v) is 26.1. The zero-order valence-corrected chi connectivity index (χ0v) is 45.3. The van der Waals surface area contributed by atoms with Crippen LogP contribution in [0.3, 0.4) is 0 Å². The number of aliphatic hydroxyl groups excluding tert-OH is 3. The van der Waals surface area contributed by atoms with Gasteiger partial charge in [0.05, 0.1) is 18.3 Å². The molecule has 0 radical (unpaired) electrons. The summed E-state index contributed by atoms with van der Waals surface area (Å²) in [5, 5.41) is 60.0. The van der Waals surface area contributed by atoms with E-state index < -0.39 is 17.9 Å². The predicted molar refractivity (Wildman–Crippen MR) is 258 cm³/mol. The molecule has 3 N–H and O–H groups in total. The molecule has 372 valence electrons. The van der Waals surface area contributed by atoms with Crippen molar-refractivity contribution >= 4 is 17.9 Å². The minimum atomic E-state index is -0.939. The molecule has 0 aliphatic rings. The Morgan fingerprint density at radius 2 is 0.562 bits per heavy atom. The second-order valence-corrected chi connectivity index (χ2v) is 17.7. The molecule has 0 rings (SSSR count). The maximum absolute atomic E-state index is 10.2. The molecule has 0 bridgehead atoms. The average Bonchev–Trinajstić information content (AvgIpc) is 3.24. The van der Waals surface area contributed by atoms with E-state index in [1.54, 1.807) is 0 Å². The van der Waals surface area contributed by atoms with E-state index in [0.29, 0.717) is 0 Å². The fourth-order valence-electron chi connectivity index (χ4n) is 7.07. The molecule has 0 aromatic rings. The molecule has 10 heteroatoms. The van der Waals surface area contributed by atoms with Crippen molar-refractivity contribution in [3.05, 3.63) is 36.5 Å². The number of hydrogen-bond donors (Lipinski definition) is 3. The van der Waals surface area contributed by atoms with Gasteiger partial charge in [-0.15, -0.1) is 0 Å². The van der Waals surface area contributed by atoms with E-state index in [4.69, 9.17) is 0 Å². The van der Waals surface area contributed by atoms with Crippen molar-refractivity contribution in [3.63, 3.8) is 0 Å². The van der Waals surface area contributed by atoms with Crippen LogP contribution in [0.2, 0.25) is 0 Å². The summed E-state index contributed by atoms with van der Waals surface area (Å²) in [6.07, 6.45) is 51.0. The summed E-state index contributed by atoms with van der Waals surface area (Å²) < 4.78 is 0. The summed E-state index contributed by atoms with van der Waals surface area (Å²) in [6, 6.07) is 0.